The molecule has 2 aromatic carbocycles. The van der Waals surface area contributed by atoms with Gasteiger partial charge in [-0.3, -0.25) is 14.2 Å². The number of aliphatic carboxylic acids is 1. The molecule has 0 fully saturated rings. The molecule has 0 aliphatic carbocycles. The molecule has 0 saturated heterocycles. The molecule has 1 N–H and O–H groups in total. The van der Waals surface area contributed by atoms with Gasteiger partial charge in [-0.2, -0.15) is 0 Å². The number of benzene rings is 2. The molecular formula is C21H20N3O4-. The van der Waals surface area contributed by atoms with Crippen LogP contribution in [-0.2, 0) is 22.6 Å². The number of amides is 1. The molecule has 0 saturated carbocycles. The summed E-state index contributed by atoms with van der Waals surface area (Å²) in [5.41, 5.74) is 1.26. The quantitative estimate of drug-likeness (QED) is 0.620. The molecule has 1 aromatic heterocycles. The number of fused-ring (bicyclic) bond motifs is 1. The molecule has 28 heavy (non-hydrogen) atoms. The molecular weight excluding hydrogens is 358 g/mol. The molecule has 3 rings (SSSR count). The Morgan fingerprint density at radius 1 is 1.07 bits per heavy atom. The van der Waals surface area contributed by atoms with E-state index in [2.05, 4.69) is 10.3 Å². The minimum Gasteiger partial charge on any atom is -0.548 e. The Hall–Kier alpha value is -3.48. The third-order valence-corrected chi connectivity index (χ3v) is 4.44. The van der Waals surface area contributed by atoms with Gasteiger partial charge in [-0.15, -0.1) is 0 Å². The van der Waals surface area contributed by atoms with E-state index in [-0.39, 0.29) is 18.4 Å². The molecule has 7 nitrogen and oxygen atoms in total. The number of carbonyl (C=O) groups is 2. The van der Waals surface area contributed by atoms with Crippen molar-refractivity contribution in [1.82, 2.24) is 14.9 Å². The summed E-state index contributed by atoms with van der Waals surface area (Å²) in [5.74, 6) is -1.72. The van der Waals surface area contributed by atoms with Gasteiger partial charge in [-0.25, -0.2) is 4.98 Å². The number of aromatic nitrogens is 2. The Morgan fingerprint density at radius 2 is 1.79 bits per heavy atom. The fourth-order valence-electron chi connectivity index (χ4n) is 2.98. The highest BCUT2D eigenvalue weighted by Crippen LogP contribution is 2.06. The van der Waals surface area contributed by atoms with E-state index in [9.17, 15) is 19.5 Å². The van der Waals surface area contributed by atoms with Crippen molar-refractivity contribution in [1.29, 1.82) is 0 Å². The Bertz CT molecular complexity index is 1030. The number of hydrogen-bond donors (Lipinski definition) is 1. The maximum atomic E-state index is 12.4. The maximum absolute atomic E-state index is 12.4. The van der Waals surface area contributed by atoms with Crippen molar-refractivity contribution in [3.05, 3.63) is 76.8 Å². The molecule has 0 radical (unpaired) electrons. The van der Waals surface area contributed by atoms with E-state index in [1.54, 1.807) is 42.5 Å². The van der Waals surface area contributed by atoms with Gasteiger partial charge in [-0.05, 0) is 30.5 Å². The van der Waals surface area contributed by atoms with Gasteiger partial charge in [0.25, 0.3) is 5.56 Å². The summed E-state index contributed by atoms with van der Waals surface area (Å²) >= 11 is 0. The molecule has 3 aromatic rings. The van der Waals surface area contributed by atoms with Crippen molar-refractivity contribution in [2.75, 3.05) is 0 Å². The molecule has 1 heterocycles. The van der Waals surface area contributed by atoms with Crippen LogP contribution in [0.3, 0.4) is 0 Å². The maximum Gasteiger partial charge on any atom is 0.261 e. The van der Waals surface area contributed by atoms with Crippen molar-refractivity contribution in [3.8, 4) is 0 Å². The number of para-hydroxylation sites is 1. The monoisotopic (exact) mass is 378 g/mol. The normalized spacial score (nSPS) is 11.9. The summed E-state index contributed by atoms with van der Waals surface area (Å²) < 4.78 is 1.45. The minimum atomic E-state index is -1.33. The largest absolute Gasteiger partial charge is 0.548 e. The van der Waals surface area contributed by atoms with E-state index in [1.807, 2.05) is 12.1 Å². The van der Waals surface area contributed by atoms with Crippen molar-refractivity contribution in [2.45, 2.75) is 31.8 Å². The van der Waals surface area contributed by atoms with E-state index < -0.39 is 17.9 Å². The van der Waals surface area contributed by atoms with Gasteiger partial charge in [0, 0.05) is 13.0 Å². The Balaban J connectivity index is 1.55. The van der Waals surface area contributed by atoms with Crippen LogP contribution in [0.1, 0.15) is 18.4 Å². The lowest BCUT2D eigenvalue weighted by molar-refractivity contribution is -0.308. The standard InChI is InChI=1S/C21H21N3O4/c25-19(23-18(21(27)28)13-15-7-2-1-3-8-15)11-6-12-24-14-22-17-10-5-4-9-16(17)20(24)26/h1-5,7-10,14,18H,6,11-13H2,(H,23,25)(H,27,28)/p-1/t18-/m0/s1. The summed E-state index contributed by atoms with van der Waals surface area (Å²) in [6, 6.07) is 15.0. The van der Waals surface area contributed by atoms with Gasteiger partial charge >= 0.3 is 0 Å². The number of carboxylic acids is 1. The van der Waals surface area contributed by atoms with E-state index in [4.69, 9.17) is 0 Å². The first-order chi connectivity index (χ1) is 13.5. The third kappa shape index (κ3) is 4.82. The summed E-state index contributed by atoms with van der Waals surface area (Å²) in [6.07, 6.45) is 2.10. The Kier molecular flexibility index (Phi) is 6.16. The van der Waals surface area contributed by atoms with Crippen molar-refractivity contribution in [3.63, 3.8) is 0 Å². The van der Waals surface area contributed by atoms with E-state index in [1.165, 1.54) is 10.9 Å². The first-order valence-corrected chi connectivity index (χ1v) is 9.03. The van der Waals surface area contributed by atoms with Crippen LogP contribution in [0, 0.1) is 0 Å². The zero-order valence-corrected chi connectivity index (χ0v) is 15.2. The smallest absolute Gasteiger partial charge is 0.261 e. The molecule has 1 amide bonds. The molecule has 0 unspecified atom stereocenters. The third-order valence-electron chi connectivity index (χ3n) is 4.44. The van der Waals surface area contributed by atoms with Gasteiger partial charge in [-0.1, -0.05) is 42.5 Å². The highest BCUT2D eigenvalue weighted by atomic mass is 16.4. The van der Waals surface area contributed by atoms with Crippen LogP contribution in [0.2, 0.25) is 0 Å². The summed E-state index contributed by atoms with van der Waals surface area (Å²) in [6.45, 7) is 0.318. The molecule has 0 spiro atoms. The lowest BCUT2D eigenvalue weighted by Gasteiger charge is -2.20. The number of nitrogens with zero attached hydrogens (tertiary/aromatic N) is 2. The lowest BCUT2D eigenvalue weighted by atomic mass is 10.1. The Morgan fingerprint density at radius 3 is 2.54 bits per heavy atom. The van der Waals surface area contributed by atoms with Gasteiger partial charge in [0.05, 0.1) is 29.2 Å². The number of nitrogens with one attached hydrogen (secondary N) is 1. The Labute approximate surface area is 161 Å². The zero-order valence-electron chi connectivity index (χ0n) is 15.2. The summed E-state index contributed by atoms with van der Waals surface area (Å²) in [4.78, 5) is 40.1. The molecule has 0 aliphatic heterocycles. The van der Waals surface area contributed by atoms with Gasteiger partial charge < -0.3 is 15.2 Å². The second kappa shape index (κ2) is 8.94. The number of carboxylic acid groups (broad SMARTS) is 1. The fraction of sp³-hybridized carbons (Fsp3) is 0.238. The van der Waals surface area contributed by atoms with Gasteiger partial charge in [0.15, 0.2) is 0 Å². The zero-order chi connectivity index (χ0) is 19.9. The second-order valence-corrected chi connectivity index (χ2v) is 6.49. The van der Waals surface area contributed by atoms with Crippen LogP contribution in [0.15, 0.2) is 65.7 Å². The van der Waals surface area contributed by atoms with Gasteiger partial charge in [0.2, 0.25) is 5.91 Å². The van der Waals surface area contributed by atoms with Crippen LogP contribution in [0.25, 0.3) is 10.9 Å². The molecule has 0 bridgehead atoms. The minimum absolute atomic E-state index is 0.0951. The van der Waals surface area contributed by atoms with Crippen molar-refractivity contribution in [2.24, 2.45) is 0 Å². The number of aryl methyl sites for hydroxylation is 1. The summed E-state index contributed by atoms with van der Waals surface area (Å²) in [5, 5.41) is 14.3. The molecule has 7 heteroatoms. The highest BCUT2D eigenvalue weighted by molar-refractivity contribution is 5.82. The topological polar surface area (TPSA) is 104 Å². The first-order valence-electron chi connectivity index (χ1n) is 9.03. The van der Waals surface area contributed by atoms with Crippen molar-refractivity contribution >= 4 is 22.8 Å². The number of rotatable bonds is 8. The number of carbonyl (C=O) groups excluding carboxylic acids is 2. The van der Waals surface area contributed by atoms with E-state index in [0.717, 1.165) is 5.56 Å². The van der Waals surface area contributed by atoms with E-state index >= 15 is 0 Å². The fourth-order valence-corrected chi connectivity index (χ4v) is 2.98. The number of hydrogen-bond acceptors (Lipinski definition) is 5. The molecule has 144 valence electrons. The van der Waals surface area contributed by atoms with E-state index in [0.29, 0.717) is 23.9 Å². The van der Waals surface area contributed by atoms with Crippen molar-refractivity contribution < 1.29 is 14.7 Å². The predicted molar refractivity (Wildman–Crippen MR) is 102 cm³/mol. The predicted octanol–water partition coefficient (Wildman–Crippen LogP) is 0.654. The summed E-state index contributed by atoms with van der Waals surface area (Å²) in [7, 11) is 0. The highest BCUT2D eigenvalue weighted by Gasteiger charge is 2.14. The van der Waals surface area contributed by atoms with Crippen LogP contribution in [0.5, 0.6) is 0 Å². The first kappa shape index (κ1) is 19.3. The van der Waals surface area contributed by atoms with Crippen LogP contribution in [0.4, 0.5) is 0 Å². The van der Waals surface area contributed by atoms with Crippen LogP contribution < -0.4 is 16.0 Å². The average molecular weight is 378 g/mol. The van der Waals surface area contributed by atoms with Crippen LogP contribution in [-0.4, -0.2) is 27.5 Å². The van der Waals surface area contributed by atoms with Gasteiger partial charge in [0.1, 0.15) is 0 Å². The SMILES string of the molecule is O=C(CCCn1cnc2ccccc2c1=O)N[C@@H](Cc1ccccc1)C(=O)[O-]. The van der Waals surface area contributed by atoms with Crippen LogP contribution >= 0.6 is 0 Å². The molecule has 1 atom stereocenters. The average Bonchev–Trinajstić information content (AvgIpc) is 2.70. The second-order valence-electron chi connectivity index (χ2n) is 6.49. The molecule has 0 aliphatic rings. The lowest BCUT2D eigenvalue weighted by Crippen LogP contribution is -2.49.